The second-order valence-electron chi connectivity index (χ2n) is 6.58. The van der Waals surface area contributed by atoms with Crippen molar-refractivity contribution in [2.24, 2.45) is 0 Å². The number of rotatable bonds is 4. The molecule has 0 aromatic carbocycles. The molecule has 1 aromatic rings. The number of hydrogen-bond acceptors (Lipinski definition) is 4. The van der Waals surface area contributed by atoms with Gasteiger partial charge in [0.05, 0.1) is 5.56 Å². The van der Waals surface area contributed by atoms with Crippen LogP contribution in [0.4, 0.5) is 4.39 Å². The van der Waals surface area contributed by atoms with Crippen molar-refractivity contribution in [1.82, 2.24) is 20.5 Å². The number of amides is 1. The minimum absolute atomic E-state index is 0.199. The lowest BCUT2D eigenvalue weighted by molar-refractivity contribution is -0.116. The Labute approximate surface area is 146 Å². The Morgan fingerprint density at radius 2 is 2.24 bits per heavy atom. The molecule has 25 heavy (non-hydrogen) atoms. The summed E-state index contributed by atoms with van der Waals surface area (Å²) in [6.45, 7) is 2.53. The van der Waals surface area contributed by atoms with Crippen LogP contribution in [0.2, 0.25) is 0 Å². The van der Waals surface area contributed by atoms with Crippen LogP contribution >= 0.6 is 0 Å². The molecule has 0 spiro atoms. The Morgan fingerprint density at radius 1 is 1.44 bits per heavy atom. The van der Waals surface area contributed by atoms with E-state index in [0.29, 0.717) is 42.9 Å². The Bertz CT molecular complexity index is 749. The van der Waals surface area contributed by atoms with Gasteiger partial charge in [0.2, 0.25) is 11.7 Å². The number of alkyl halides is 1. The van der Waals surface area contributed by atoms with E-state index >= 15 is 0 Å². The lowest BCUT2D eigenvalue weighted by Crippen LogP contribution is -2.30. The van der Waals surface area contributed by atoms with Gasteiger partial charge in [-0.15, -0.1) is 0 Å². The van der Waals surface area contributed by atoms with Crippen LogP contribution in [0.15, 0.2) is 12.2 Å². The van der Waals surface area contributed by atoms with E-state index in [1.54, 1.807) is 6.08 Å². The summed E-state index contributed by atoms with van der Waals surface area (Å²) in [6, 6.07) is 0. The maximum absolute atomic E-state index is 13.9. The zero-order valence-electron chi connectivity index (χ0n) is 14.5. The van der Waals surface area contributed by atoms with Gasteiger partial charge in [0.1, 0.15) is 0 Å². The van der Waals surface area contributed by atoms with Gasteiger partial charge in [-0.05, 0) is 44.8 Å². The molecule has 6 nitrogen and oxygen atoms in total. The molecule has 2 heterocycles. The maximum atomic E-state index is 13.9. The summed E-state index contributed by atoms with van der Waals surface area (Å²) in [7, 11) is 3.87. The number of likely N-dealkylation sites (N-methyl/N-ethyl adjacent to an activating group) is 1. The van der Waals surface area contributed by atoms with Crippen LogP contribution in [0.3, 0.4) is 0 Å². The highest BCUT2D eigenvalue weighted by atomic mass is 19.1. The molecule has 3 rings (SSSR count). The summed E-state index contributed by atoms with van der Waals surface area (Å²) >= 11 is 0. The number of nitrogens with zero attached hydrogens (tertiary/aromatic N) is 1. The highest BCUT2D eigenvalue weighted by Gasteiger charge is 2.31. The predicted molar refractivity (Wildman–Crippen MR) is 94.9 cm³/mol. The van der Waals surface area contributed by atoms with E-state index in [1.807, 2.05) is 19.0 Å². The van der Waals surface area contributed by atoms with E-state index in [-0.39, 0.29) is 5.91 Å². The SMILES string of the molecule is CN(C)CCNC(=O)C=C1CCNCc2[nH]c3c(c21)C(=O)C(F)C=C3. The van der Waals surface area contributed by atoms with Gasteiger partial charge in [0, 0.05) is 42.7 Å². The molecule has 1 aliphatic heterocycles. The monoisotopic (exact) mass is 346 g/mol. The molecular weight excluding hydrogens is 323 g/mol. The molecule has 1 aliphatic carbocycles. The normalized spacial score (nSPS) is 21.2. The third kappa shape index (κ3) is 3.72. The fourth-order valence-electron chi connectivity index (χ4n) is 3.16. The Hall–Kier alpha value is -2.25. The number of ketones is 1. The number of allylic oxidation sites excluding steroid dienone is 1. The van der Waals surface area contributed by atoms with Gasteiger partial charge in [-0.1, -0.05) is 0 Å². The first-order chi connectivity index (χ1) is 12.0. The quantitative estimate of drug-likeness (QED) is 0.714. The first kappa shape index (κ1) is 17.6. The molecule has 0 bridgehead atoms. The fourth-order valence-corrected chi connectivity index (χ4v) is 3.16. The number of fused-ring (bicyclic) bond motifs is 3. The summed E-state index contributed by atoms with van der Waals surface area (Å²) in [5.41, 5.74) is 3.24. The number of aromatic amines is 1. The van der Waals surface area contributed by atoms with Gasteiger partial charge in [-0.3, -0.25) is 9.59 Å². The van der Waals surface area contributed by atoms with Crippen LogP contribution in [0.25, 0.3) is 11.6 Å². The molecule has 0 saturated heterocycles. The molecule has 134 valence electrons. The van der Waals surface area contributed by atoms with Crippen molar-refractivity contribution >= 4 is 23.3 Å². The van der Waals surface area contributed by atoms with Crippen molar-refractivity contribution in [2.75, 3.05) is 33.7 Å². The number of H-pyrrole nitrogens is 1. The zero-order valence-corrected chi connectivity index (χ0v) is 14.5. The topological polar surface area (TPSA) is 77.2 Å². The summed E-state index contributed by atoms with van der Waals surface area (Å²) in [5.74, 6) is -0.744. The largest absolute Gasteiger partial charge is 0.357 e. The number of nitrogens with one attached hydrogen (secondary N) is 3. The molecular formula is C18H23FN4O2. The van der Waals surface area contributed by atoms with Crippen LogP contribution in [-0.2, 0) is 11.3 Å². The Balaban J connectivity index is 1.92. The minimum Gasteiger partial charge on any atom is -0.357 e. The molecule has 0 fully saturated rings. The van der Waals surface area contributed by atoms with Crippen molar-refractivity contribution in [3.63, 3.8) is 0 Å². The molecule has 1 aromatic heterocycles. The maximum Gasteiger partial charge on any atom is 0.244 e. The number of aromatic nitrogens is 1. The number of carbonyl (C=O) groups excluding carboxylic acids is 2. The molecule has 1 unspecified atom stereocenters. The predicted octanol–water partition coefficient (Wildman–Crippen LogP) is 1.12. The molecule has 1 atom stereocenters. The van der Waals surface area contributed by atoms with Crippen molar-refractivity contribution in [1.29, 1.82) is 0 Å². The fraction of sp³-hybridized carbons (Fsp3) is 0.444. The standard InChI is InChI=1S/C18H23FN4O2/c1-23(2)8-7-21-15(24)9-11-5-6-20-10-14-16(11)17-13(22-14)4-3-12(19)18(17)25/h3-4,9,12,20,22H,5-8,10H2,1-2H3,(H,21,24). The first-order valence-electron chi connectivity index (χ1n) is 8.43. The van der Waals surface area contributed by atoms with Crippen molar-refractivity contribution in [2.45, 2.75) is 19.1 Å². The number of Topliss-reactive ketones (excluding diaryl/α,β-unsaturated/α-hetero) is 1. The Morgan fingerprint density at radius 3 is 3.00 bits per heavy atom. The van der Waals surface area contributed by atoms with Gasteiger partial charge in [-0.2, -0.15) is 0 Å². The third-order valence-corrected chi connectivity index (χ3v) is 4.39. The Kier molecular flexibility index (Phi) is 5.15. The molecule has 2 aliphatic rings. The van der Waals surface area contributed by atoms with Crippen LogP contribution in [0, 0.1) is 0 Å². The zero-order chi connectivity index (χ0) is 18.0. The van der Waals surface area contributed by atoms with E-state index in [9.17, 15) is 14.0 Å². The van der Waals surface area contributed by atoms with Gasteiger partial charge in [0.25, 0.3) is 0 Å². The molecule has 3 N–H and O–H groups in total. The van der Waals surface area contributed by atoms with E-state index in [4.69, 9.17) is 0 Å². The van der Waals surface area contributed by atoms with E-state index in [1.165, 1.54) is 12.2 Å². The third-order valence-electron chi connectivity index (χ3n) is 4.39. The van der Waals surface area contributed by atoms with Gasteiger partial charge < -0.3 is 20.5 Å². The highest BCUT2D eigenvalue weighted by Crippen LogP contribution is 2.34. The second-order valence-corrected chi connectivity index (χ2v) is 6.58. The van der Waals surface area contributed by atoms with E-state index in [2.05, 4.69) is 15.6 Å². The van der Waals surface area contributed by atoms with Crippen LogP contribution < -0.4 is 10.6 Å². The van der Waals surface area contributed by atoms with Crippen LogP contribution in [0.5, 0.6) is 0 Å². The molecule has 1 amide bonds. The lowest BCUT2D eigenvalue weighted by atomic mass is 9.91. The number of carbonyl (C=O) groups is 2. The van der Waals surface area contributed by atoms with Gasteiger partial charge in [-0.25, -0.2) is 4.39 Å². The summed E-state index contributed by atoms with van der Waals surface area (Å²) in [4.78, 5) is 29.8. The average molecular weight is 346 g/mol. The summed E-state index contributed by atoms with van der Waals surface area (Å²) in [6.07, 6.45) is 3.37. The van der Waals surface area contributed by atoms with E-state index in [0.717, 1.165) is 17.8 Å². The van der Waals surface area contributed by atoms with Crippen LogP contribution in [0.1, 0.15) is 33.7 Å². The van der Waals surface area contributed by atoms with E-state index < -0.39 is 12.0 Å². The van der Waals surface area contributed by atoms with Crippen molar-refractivity contribution < 1.29 is 14.0 Å². The average Bonchev–Trinajstić information content (AvgIpc) is 2.82. The second kappa shape index (κ2) is 7.33. The van der Waals surface area contributed by atoms with Gasteiger partial charge >= 0.3 is 0 Å². The smallest absolute Gasteiger partial charge is 0.244 e. The lowest BCUT2D eigenvalue weighted by Gasteiger charge is -2.13. The number of hydrogen-bond donors (Lipinski definition) is 3. The first-order valence-corrected chi connectivity index (χ1v) is 8.43. The number of halogens is 1. The van der Waals surface area contributed by atoms with Crippen molar-refractivity contribution in [3.05, 3.63) is 34.7 Å². The van der Waals surface area contributed by atoms with Crippen molar-refractivity contribution in [3.8, 4) is 0 Å². The molecule has 7 heteroatoms. The molecule has 0 radical (unpaired) electrons. The summed E-state index contributed by atoms with van der Waals surface area (Å²) < 4.78 is 13.9. The molecule has 0 saturated carbocycles. The van der Waals surface area contributed by atoms with Crippen LogP contribution in [-0.4, -0.2) is 61.5 Å². The highest BCUT2D eigenvalue weighted by molar-refractivity contribution is 6.10. The van der Waals surface area contributed by atoms with Gasteiger partial charge in [0.15, 0.2) is 6.17 Å². The summed E-state index contributed by atoms with van der Waals surface area (Å²) in [5, 5.41) is 6.10. The minimum atomic E-state index is -1.63.